The second-order valence-electron chi connectivity index (χ2n) is 4.56. The Bertz CT molecular complexity index is 558. The van der Waals surface area contributed by atoms with Crippen LogP contribution in [0.1, 0.15) is 34.0 Å². The third kappa shape index (κ3) is 3.48. The monoisotopic (exact) mass is 258 g/mol. The Kier molecular flexibility index (Phi) is 4.07. The number of benzene rings is 2. The molecule has 1 N–H and O–H groups in total. The first-order valence-electron chi connectivity index (χ1n) is 6.09. The van der Waals surface area contributed by atoms with Crippen molar-refractivity contribution in [2.24, 2.45) is 0 Å². The molecule has 0 heterocycles. The highest BCUT2D eigenvalue weighted by atomic mass is 19.1. The van der Waals surface area contributed by atoms with Crippen molar-refractivity contribution >= 4 is 5.78 Å². The van der Waals surface area contributed by atoms with Gasteiger partial charge < -0.3 is 5.11 Å². The molecule has 98 valence electrons. The van der Waals surface area contributed by atoms with Crippen molar-refractivity contribution in [3.05, 3.63) is 71.0 Å². The predicted octanol–water partition coefficient (Wildman–Crippen LogP) is 3.44. The summed E-state index contributed by atoms with van der Waals surface area (Å²) in [6, 6.07) is 12.7. The Morgan fingerprint density at radius 3 is 2.26 bits per heavy atom. The summed E-state index contributed by atoms with van der Waals surface area (Å²) in [5, 5.41) is 9.95. The number of carbonyl (C=O) groups excluding carboxylic acids is 1. The van der Waals surface area contributed by atoms with E-state index >= 15 is 0 Å². The normalized spacial score (nSPS) is 12.2. The van der Waals surface area contributed by atoms with Gasteiger partial charge in [-0.15, -0.1) is 0 Å². The van der Waals surface area contributed by atoms with E-state index in [4.69, 9.17) is 0 Å². The lowest BCUT2D eigenvalue weighted by Crippen LogP contribution is -2.07. The molecule has 0 saturated carbocycles. The largest absolute Gasteiger partial charge is 0.388 e. The van der Waals surface area contributed by atoms with E-state index in [-0.39, 0.29) is 18.0 Å². The van der Waals surface area contributed by atoms with E-state index < -0.39 is 6.10 Å². The zero-order valence-electron chi connectivity index (χ0n) is 10.6. The van der Waals surface area contributed by atoms with Gasteiger partial charge in [0, 0.05) is 12.0 Å². The smallest absolute Gasteiger partial charge is 0.165 e. The average molecular weight is 258 g/mol. The number of halogens is 1. The Labute approximate surface area is 111 Å². The number of hydrogen-bond acceptors (Lipinski definition) is 2. The highest BCUT2D eigenvalue weighted by Crippen LogP contribution is 2.19. The maximum Gasteiger partial charge on any atom is 0.165 e. The first-order chi connectivity index (χ1) is 9.06. The number of aryl methyl sites for hydroxylation is 1. The quantitative estimate of drug-likeness (QED) is 0.853. The summed E-state index contributed by atoms with van der Waals surface area (Å²) in [4.78, 5) is 12.0. The molecule has 0 aliphatic rings. The molecule has 2 aromatic rings. The molecule has 0 bridgehead atoms. The van der Waals surface area contributed by atoms with Gasteiger partial charge in [-0.1, -0.05) is 42.0 Å². The van der Waals surface area contributed by atoms with Gasteiger partial charge in [-0.2, -0.15) is 0 Å². The van der Waals surface area contributed by atoms with Gasteiger partial charge in [0.25, 0.3) is 0 Å². The van der Waals surface area contributed by atoms with Crippen LogP contribution in [-0.2, 0) is 0 Å². The van der Waals surface area contributed by atoms with Gasteiger partial charge in [0.2, 0.25) is 0 Å². The van der Waals surface area contributed by atoms with Gasteiger partial charge in [-0.05, 0) is 24.6 Å². The fourth-order valence-electron chi connectivity index (χ4n) is 1.84. The molecule has 0 fully saturated rings. The number of aliphatic hydroxyl groups excluding tert-OH is 1. The summed E-state index contributed by atoms with van der Waals surface area (Å²) in [6.45, 7) is 1.95. The number of hydrogen-bond donors (Lipinski definition) is 1. The van der Waals surface area contributed by atoms with Crippen molar-refractivity contribution < 1.29 is 14.3 Å². The molecule has 19 heavy (non-hydrogen) atoms. The minimum absolute atomic E-state index is 0.00526. The molecule has 1 atom stereocenters. The van der Waals surface area contributed by atoms with E-state index in [9.17, 15) is 14.3 Å². The Hall–Kier alpha value is -2.00. The zero-order valence-corrected chi connectivity index (χ0v) is 10.6. The topological polar surface area (TPSA) is 37.3 Å². The van der Waals surface area contributed by atoms with Crippen molar-refractivity contribution in [1.82, 2.24) is 0 Å². The first kappa shape index (κ1) is 13.4. The Balaban J connectivity index is 2.06. The predicted molar refractivity (Wildman–Crippen MR) is 71.5 cm³/mol. The van der Waals surface area contributed by atoms with Crippen LogP contribution in [0.15, 0.2) is 48.5 Å². The summed E-state index contributed by atoms with van der Waals surface area (Å²) in [6.07, 6.45) is -0.913. The molecule has 2 nitrogen and oxygen atoms in total. The molecule has 0 aromatic heterocycles. The maximum absolute atomic E-state index is 12.8. The highest BCUT2D eigenvalue weighted by Gasteiger charge is 2.14. The fourth-order valence-corrected chi connectivity index (χ4v) is 1.84. The fraction of sp³-hybridized carbons (Fsp3) is 0.188. The van der Waals surface area contributed by atoms with Crippen molar-refractivity contribution in [3.63, 3.8) is 0 Å². The number of carbonyl (C=O) groups is 1. The molecular formula is C16H15FO2. The summed E-state index contributed by atoms with van der Waals surface area (Å²) in [7, 11) is 0. The van der Waals surface area contributed by atoms with Crippen molar-refractivity contribution in [3.8, 4) is 0 Å². The maximum atomic E-state index is 12.8. The van der Waals surface area contributed by atoms with Gasteiger partial charge in [-0.25, -0.2) is 4.39 Å². The second-order valence-corrected chi connectivity index (χ2v) is 4.56. The third-order valence-electron chi connectivity index (χ3n) is 3.01. The summed E-state index contributed by atoms with van der Waals surface area (Å²) < 4.78 is 12.8. The average Bonchev–Trinajstić information content (AvgIpc) is 2.40. The molecular weight excluding hydrogens is 243 g/mol. The van der Waals surface area contributed by atoms with E-state index in [1.807, 2.05) is 19.1 Å². The van der Waals surface area contributed by atoms with Gasteiger partial charge in [0.05, 0.1) is 6.10 Å². The van der Waals surface area contributed by atoms with Crippen molar-refractivity contribution in [2.75, 3.05) is 0 Å². The van der Waals surface area contributed by atoms with E-state index in [0.717, 1.165) is 5.56 Å². The van der Waals surface area contributed by atoms with Crippen LogP contribution in [0.3, 0.4) is 0 Å². The number of Topliss-reactive ketones (excluding diaryl/α,β-unsaturated/α-hetero) is 1. The lowest BCUT2D eigenvalue weighted by atomic mass is 9.99. The van der Waals surface area contributed by atoms with Crippen LogP contribution in [0.5, 0.6) is 0 Å². The van der Waals surface area contributed by atoms with Crippen molar-refractivity contribution in [1.29, 1.82) is 0 Å². The van der Waals surface area contributed by atoms with Gasteiger partial charge >= 0.3 is 0 Å². The summed E-state index contributed by atoms with van der Waals surface area (Å²) in [5.74, 6) is -0.488. The lowest BCUT2D eigenvalue weighted by molar-refractivity contribution is 0.0880. The number of ketones is 1. The van der Waals surface area contributed by atoms with Gasteiger partial charge in [0.1, 0.15) is 5.82 Å². The molecule has 2 rings (SSSR count). The molecule has 3 heteroatoms. The number of aliphatic hydroxyl groups is 1. The van der Waals surface area contributed by atoms with E-state index in [2.05, 4.69) is 0 Å². The minimum Gasteiger partial charge on any atom is -0.388 e. The molecule has 0 radical (unpaired) electrons. The van der Waals surface area contributed by atoms with E-state index in [0.29, 0.717) is 11.1 Å². The molecule has 0 amide bonds. The molecule has 0 aliphatic carbocycles. The van der Waals surface area contributed by atoms with Crippen LogP contribution in [0, 0.1) is 12.7 Å². The van der Waals surface area contributed by atoms with E-state index in [1.54, 1.807) is 12.1 Å². The molecule has 0 spiro atoms. The van der Waals surface area contributed by atoms with Crippen LogP contribution in [0.4, 0.5) is 4.39 Å². The molecule has 2 aromatic carbocycles. The van der Waals surface area contributed by atoms with E-state index in [1.165, 1.54) is 24.3 Å². The number of rotatable bonds is 4. The molecule has 0 saturated heterocycles. The van der Waals surface area contributed by atoms with Gasteiger partial charge in [-0.3, -0.25) is 4.79 Å². The molecule has 0 unspecified atom stereocenters. The Morgan fingerprint density at radius 2 is 1.68 bits per heavy atom. The van der Waals surface area contributed by atoms with Crippen LogP contribution in [-0.4, -0.2) is 10.9 Å². The molecule has 0 aliphatic heterocycles. The third-order valence-corrected chi connectivity index (χ3v) is 3.01. The minimum atomic E-state index is -0.908. The SMILES string of the molecule is Cc1ccc(C(=O)C[C@@H](O)c2ccc(F)cc2)cc1. The highest BCUT2D eigenvalue weighted by molar-refractivity contribution is 5.96. The van der Waals surface area contributed by atoms with Crippen LogP contribution >= 0.6 is 0 Å². The standard InChI is InChI=1S/C16H15FO2/c1-11-2-4-12(5-3-11)15(18)10-16(19)13-6-8-14(17)9-7-13/h2-9,16,19H,10H2,1H3/t16-/m1/s1. The van der Waals surface area contributed by atoms with Crippen LogP contribution < -0.4 is 0 Å². The summed E-state index contributed by atoms with van der Waals surface area (Å²) >= 11 is 0. The van der Waals surface area contributed by atoms with Gasteiger partial charge in [0.15, 0.2) is 5.78 Å². The zero-order chi connectivity index (χ0) is 13.8. The summed E-state index contributed by atoms with van der Waals surface area (Å²) in [5.41, 5.74) is 2.20. The van der Waals surface area contributed by atoms with Crippen molar-refractivity contribution in [2.45, 2.75) is 19.4 Å². The lowest BCUT2D eigenvalue weighted by Gasteiger charge is -2.10. The Morgan fingerprint density at radius 1 is 1.11 bits per heavy atom. The van der Waals surface area contributed by atoms with Crippen LogP contribution in [0.2, 0.25) is 0 Å². The second kappa shape index (κ2) is 5.76. The van der Waals surface area contributed by atoms with Crippen LogP contribution in [0.25, 0.3) is 0 Å². The first-order valence-corrected chi connectivity index (χ1v) is 6.09.